The molecule has 0 fully saturated rings. The minimum Gasteiger partial charge on any atom is -0.320 e. The zero-order valence-electron chi connectivity index (χ0n) is 13.3. The van der Waals surface area contributed by atoms with E-state index in [0.717, 1.165) is 16.0 Å². The molecule has 0 aromatic heterocycles. The number of anilines is 1. The maximum absolute atomic E-state index is 12.1. The normalized spacial score (nSPS) is 10.4. The van der Waals surface area contributed by atoms with Crippen LogP contribution in [0.2, 0.25) is 0 Å². The number of amides is 1. The van der Waals surface area contributed by atoms with Crippen LogP contribution in [-0.2, 0) is 4.79 Å². The third-order valence-electron chi connectivity index (χ3n) is 3.31. The molecular weight excluding hydrogens is 312 g/mol. The molecule has 0 heterocycles. The van der Waals surface area contributed by atoms with Crippen molar-refractivity contribution in [2.45, 2.75) is 25.7 Å². The Labute approximate surface area is 139 Å². The molecule has 2 aromatic carbocycles. The lowest BCUT2D eigenvalue weighted by molar-refractivity contribution is -0.384. The summed E-state index contributed by atoms with van der Waals surface area (Å²) in [7, 11) is 0. The average molecular weight is 330 g/mol. The number of carbonyl (C=O) groups excluding carboxylic acids is 1. The molecule has 2 rings (SSSR count). The van der Waals surface area contributed by atoms with Crippen LogP contribution < -0.4 is 5.32 Å². The number of nitro benzene ring substituents is 1. The first-order chi connectivity index (χ1) is 10.9. The fourth-order valence-electron chi connectivity index (χ4n) is 2.19. The van der Waals surface area contributed by atoms with Gasteiger partial charge in [-0.2, -0.15) is 0 Å². The lowest BCUT2D eigenvalue weighted by atomic mass is 10.2. The van der Waals surface area contributed by atoms with Crippen molar-refractivity contribution in [3.63, 3.8) is 0 Å². The quantitative estimate of drug-likeness (QED) is 0.505. The van der Waals surface area contributed by atoms with Gasteiger partial charge < -0.3 is 5.32 Å². The highest BCUT2D eigenvalue weighted by atomic mass is 32.2. The van der Waals surface area contributed by atoms with Crippen molar-refractivity contribution >= 4 is 29.0 Å². The zero-order valence-corrected chi connectivity index (χ0v) is 14.1. The molecule has 0 bridgehead atoms. The summed E-state index contributed by atoms with van der Waals surface area (Å²) in [5.74, 6) is -0.0588. The molecule has 0 aliphatic carbocycles. The molecule has 0 saturated carbocycles. The minimum absolute atomic E-state index is 0.0881. The number of aryl methyl sites for hydroxylation is 3. The van der Waals surface area contributed by atoms with Gasteiger partial charge in [-0.15, -0.1) is 11.8 Å². The number of nitro groups is 1. The zero-order chi connectivity index (χ0) is 17.0. The van der Waals surface area contributed by atoms with Gasteiger partial charge in [-0.25, -0.2) is 0 Å². The number of benzene rings is 2. The molecule has 0 aliphatic heterocycles. The van der Waals surface area contributed by atoms with Crippen LogP contribution in [0.25, 0.3) is 0 Å². The third kappa shape index (κ3) is 4.56. The molecule has 0 spiro atoms. The Morgan fingerprint density at radius 1 is 1.13 bits per heavy atom. The third-order valence-corrected chi connectivity index (χ3v) is 4.49. The van der Waals surface area contributed by atoms with E-state index in [0.29, 0.717) is 0 Å². The van der Waals surface area contributed by atoms with E-state index in [9.17, 15) is 14.9 Å². The molecule has 120 valence electrons. The van der Waals surface area contributed by atoms with Gasteiger partial charge in [0.05, 0.1) is 10.7 Å². The summed E-state index contributed by atoms with van der Waals surface area (Å²) in [5.41, 5.74) is 3.21. The van der Waals surface area contributed by atoms with Crippen molar-refractivity contribution < 1.29 is 9.72 Å². The molecule has 1 amide bonds. The number of hydrogen-bond acceptors (Lipinski definition) is 4. The van der Waals surface area contributed by atoms with Crippen LogP contribution in [0, 0.1) is 30.9 Å². The highest BCUT2D eigenvalue weighted by Crippen LogP contribution is 2.27. The molecular formula is C17H18N2O3S. The average Bonchev–Trinajstić information content (AvgIpc) is 2.48. The van der Waals surface area contributed by atoms with Crippen LogP contribution in [0.5, 0.6) is 0 Å². The van der Waals surface area contributed by atoms with Crippen LogP contribution in [-0.4, -0.2) is 16.6 Å². The van der Waals surface area contributed by atoms with E-state index in [-0.39, 0.29) is 23.0 Å². The second-order valence-corrected chi connectivity index (χ2v) is 6.40. The van der Waals surface area contributed by atoms with Crippen LogP contribution in [0.1, 0.15) is 16.7 Å². The fraction of sp³-hybridized carbons (Fsp3) is 0.235. The molecule has 5 nitrogen and oxygen atoms in total. The maximum Gasteiger partial charge on any atom is 0.293 e. The number of hydrogen-bond donors (Lipinski definition) is 1. The topological polar surface area (TPSA) is 72.2 Å². The Kier molecular flexibility index (Phi) is 5.39. The standard InChI is InChI=1S/C17H18N2O3S/c1-11-5-7-16(13(3)8-11)23-10-17(20)18-14-6-4-12(2)9-15(14)19(21)22/h4-9H,10H2,1-3H3,(H,18,20). The highest BCUT2D eigenvalue weighted by Gasteiger charge is 2.16. The molecule has 1 N–H and O–H groups in total. The number of nitrogens with one attached hydrogen (secondary N) is 1. The monoisotopic (exact) mass is 330 g/mol. The van der Waals surface area contributed by atoms with E-state index in [1.165, 1.54) is 23.4 Å². The second-order valence-electron chi connectivity index (χ2n) is 5.38. The summed E-state index contributed by atoms with van der Waals surface area (Å²) >= 11 is 1.42. The summed E-state index contributed by atoms with van der Waals surface area (Å²) in [6.07, 6.45) is 0. The first-order valence-electron chi connectivity index (χ1n) is 7.12. The number of nitrogens with zero attached hydrogens (tertiary/aromatic N) is 1. The summed E-state index contributed by atoms with van der Waals surface area (Å²) in [5, 5.41) is 13.7. The fourth-order valence-corrected chi connectivity index (χ4v) is 3.00. The Balaban J connectivity index is 2.04. The Hall–Kier alpha value is -2.34. The predicted octanol–water partition coefficient (Wildman–Crippen LogP) is 4.25. The lowest BCUT2D eigenvalue weighted by Gasteiger charge is -2.08. The summed E-state index contributed by atoms with van der Waals surface area (Å²) < 4.78 is 0. The van der Waals surface area contributed by atoms with Gasteiger partial charge in [0.15, 0.2) is 0 Å². The number of carbonyl (C=O) groups is 1. The summed E-state index contributed by atoms with van der Waals surface area (Å²) in [6, 6.07) is 10.8. The molecule has 23 heavy (non-hydrogen) atoms. The van der Waals surface area contributed by atoms with Crippen molar-refractivity contribution in [2.24, 2.45) is 0 Å². The van der Waals surface area contributed by atoms with Crippen molar-refractivity contribution in [2.75, 3.05) is 11.1 Å². The van der Waals surface area contributed by atoms with Crippen LogP contribution in [0.3, 0.4) is 0 Å². The Bertz CT molecular complexity index is 759. The van der Waals surface area contributed by atoms with Gasteiger partial charge in [0, 0.05) is 11.0 Å². The van der Waals surface area contributed by atoms with Crippen LogP contribution in [0.15, 0.2) is 41.3 Å². The van der Waals surface area contributed by atoms with Gasteiger partial charge in [-0.05, 0) is 44.0 Å². The molecule has 0 atom stereocenters. The van der Waals surface area contributed by atoms with E-state index in [1.807, 2.05) is 26.0 Å². The lowest BCUT2D eigenvalue weighted by Crippen LogP contribution is -2.15. The first kappa shape index (κ1) is 17.0. The molecule has 0 unspecified atom stereocenters. The smallest absolute Gasteiger partial charge is 0.293 e. The van der Waals surface area contributed by atoms with Gasteiger partial charge >= 0.3 is 0 Å². The van der Waals surface area contributed by atoms with Gasteiger partial charge in [-0.1, -0.05) is 23.8 Å². The number of rotatable bonds is 5. The molecule has 0 radical (unpaired) electrons. The van der Waals surface area contributed by atoms with Gasteiger partial charge in [0.2, 0.25) is 5.91 Å². The van der Waals surface area contributed by atoms with Gasteiger partial charge in [0.25, 0.3) is 5.69 Å². The van der Waals surface area contributed by atoms with Crippen molar-refractivity contribution in [1.82, 2.24) is 0 Å². The molecule has 2 aromatic rings. The Morgan fingerprint density at radius 3 is 2.43 bits per heavy atom. The Morgan fingerprint density at radius 2 is 1.78 bits per heavy atom. The van der Waals surface area contributed by atoms with Gasteiger partial charge in [-0.3, -0.25) is 14.9 Å². The van der Waals surface area contributed by atoms with Crippen molar-refractivity contribution in [3.05, 3.63) is 63.2 Å². The largest absolute Gasteiger partial charge is 0.320 e. The number of thioether (sulfide) groups is 1. The van der Waals surface area contributed by atoms with Crippen molar-refractivity contribution in [1.29, 1.82) is 0 Å². The van der Waals surface area contributed by atoms with E-state index >= 15 is 0 Å². The molecule has 0 aliphatic rings. The highest BCUT2D eigenvalue weighted by molar-refractivity contribution is 8.00. The SMILES string of the molecule is Cc1ccc(SCC(=O)Nc2ccc(C)cc2[N+](=O)[O-])c(C)c1. The predicted molar refractivity (Wildman–Crippen MR) is 93.1 cm³/mol. The van der Waals surface area contributed by atoms with Gasteiger partial charge in [0.1, 0.15) is 5.69 Å². The van der Waals surface area contributed by atoms with E-state index in [4.69, 9.17) is 0 Å². The van der Waals surface area contributed by atoms with Crippen LogP contribution >= 0.6 is 11.8 Å². The van der Waals surface area contributed by atoms with Crippen LogP contribution in [0.4, 0.5) is 11.4 Å². The maximum atomic E-state index is 12.1. The summed E-state index contributed by atoms with van der Waals surface area (Å²) in [4.78, 5) is 23.7. The van der Waals surface area contributed by atoms with Crippen molar-refractivity contribution in [3.8, 4) is 0 Å². The van der Waals surface area contributed by atoms with E-state index in [2.05, 4.69) is 11.4 Å². The minimum atomic E-state index is -0.486. The molecule has 6 heteroatoms. The van der Waals surface area contributed by atoms with E-state index < -0.39 is 4.92 Å². The second kappa shape index (κ2) is 7.28. The van der Waals surface area contributed by atoms with E-state index in [1.54, 1.807) is 19.1 Å². The first-order valence-corrected chi connectivity index (χ1v) is 8.10. The summed E-state index contributed by atoms with van der Waals surface area (Å²) in [6.45, 7) is 5.79. The molecule has 0 saturated heterocycles.